The van der Waals surface area contributed by atoms with Crippen molar-refractivity contribution >= 4 is 21.6 Å². The van der Waals surface area contributed by atoms with Crippen LogP contribution in [0.25, 0.3) is 0 Å². The molecule has 0 amide bonds. The standard InChI is InChI=1S/C10H15BrN2O/c1-7(3-8(2)14)13-10-4-9(11)5-12-6-10/h4-8,13-14H,3H2,1-2H3. The van der Waals surface area contributed by atoms with Gasteiger partial charge < -0.3 is 10.4 Å². The molecule has 78 valence electrons. The first-order valence-electron chi connectivity index (χ1n) is 4.63. The number of aliphatic hydroxyl groups is 1. The fourth-order valence-electron chi connectivity index (χ4n) is 1.35. The number of nitrogens with zero attached hydrogens (tertiary/aromatic N) is 1. The third kappa shape index (κ3) is 4.07. The number of anilines is 1. The second-order valence-corrected chi connectivity index (χ2v) is 4.44. The van der Waals surface area contributed by atoms with Gasteiger partial charge in [-0.2, -0.15) is 0 Å². The second kappa shape index (κ2) is 5.32. The van der Waals surface area contributed by atoms with E-state index in [0.29, 0.717) is 0 Å². The van der Waals surface area contributed by atoms with Crippen molar-refractivity contribution in [2.75, 3.05) is 5.32 Å². The highest BCUT2D eigenvalue weighted by Crippen LogP contribution is 2.15. The fourth-order valence-corrected chi connectivity index (χ4v) is 1.71. The molecule has 1 heterocycles. The normalized spacial score (nSPS) is 14.9. The summed E-state index contributed by atoms with van der Waals surface area (Å²) >= 11 is 3.35. The Morgan fingerprint density at radius 2 is 2.21 bits per heavy atom. The van der Waals surface area contributed by atoms with Gasteiger partial charge in [0.1, 0.15) is 0 Å². The zero-order valence-electron chi connectivity index (χ0n) is 8.37. The summed E-state index contributed by atoms with van der Waals surface area (Å²) in [5.74, 6) is 0. The fraction of sp³-hybridized carbons (Fsp3) is 0.500. The molecular formula is C10H15BrN2O. The van der Waals surface area contributed by atoms with Crippen molar-refractivity contribution in [3.63, 3.8) is 0 Å². The van der Waals surface area contributed by atoms with E-state index in [9.17, 15) is 5.11 Å². The number of rotatable bonds is 4. The molecule has 2 N–H and O–H groups in total. The maximum atomic E-state index is 9.19. The van der Waals surface area contributed by atoms with Crippen LogP contribution in [0, 0.1) is 0 Å². The van der Waals surface area contributed by atoms with Gasteiger partial charge in [0, 0.05) is 16.7 Å². The van der Waals surface area contributed by atoms with Crippen LogP contribution in [-0.2, 0) is 0 Å². The molecule has 3 nitrogen and oxygen atoms in total. The van der Waals surface area contributed by atoms with Crippen LogP contribution in [0.4, 0.5) is 5.69 Å². The van der Waals surface area contributed by atoms with E-state index in [2.05, 4.69) is 26.2 Å². The molecule has 14 heavy (non-hydrogen) atoms. The molecule has 0 saturated heterocycles. The molecule has 0 bridgehead atoms. The predicted molar refractivity (Wildman–Crippen MR) is 61.3 cm³/mol. The molecule has 0 spiro atoms. The number of halogens is 1. The third-order valence-electron chi connectivity index (χ3n) is 1.81. The Morgan fingerprint density at radius 1 is 1.50 bits per heavy atom. The molecule has 4 heteroatoms. The average molecular weight is 259 g/mol. The first-order chi connectivity index (χ1) is 6.58. The molecule has 0 fully saturated rings. The predicted octanol–water partition coefficient (Wildman–Crippen LogP) is 2.42. The van der Waals surface area contributed by atoms with E-state index in [1.54, 1.807) is 19.3 Å². The highest BCUT2D eigenvalue weighted by Gasteiger charge is 2.05. The van der Waals surface area contributed by atoms with Crippen LogP contribution in [0.15, 0.2) is 22.9 Å². The smallest absolute Gasteiger partial charge is 0.0540 e. The van der Waals surface area contributed by atoms with Gasteiger partial charge in [0.2, 0.25) is 0 Å². The Balaban J connectivity index is 2.51. The van der Waals surface area contributed by atoms with Crippen molar-refractivity contribution in [2.45, 2.75) is 32.4 Å². The minimum atomic E-state index is -0.280. The van der Waals surface area contributed by atoms with Crippen LogP contribution in [0.1, 0.15) is 20.3 Å². The van der Waals surface area contributed by atoms with Gasteiger partial charge in [0.05, 0.1) is 18.0 Å². The highest BCUT2D eigenvalue weighted by atomic mass is 79.9. The SMILES string of the molecule is CC(O)CC(C)Nc1cncc(Br)c1. The van der Waals surface area contributed by atoms with Crippen molar-refractivity contribution in [3.8, 4) is 0 Å². The molecule has 0 aliphatic heterocycles. The zero-order chi connectivity index (χ0) is 10.6. The summed E-state index contributed by atoms with van der Waals surface area (Å²) in [6, 6.07) is 2.21. The quantitative estimate of drug-likeness (QED) is 0.872. The number of hydrogen-bond acceptors (Lipinski definition) is 3. The zero-order valence-corrected chi connectivity index (χ0v) is 9.95. The van der Waals surface area contributed by atoms with Gasteiger partial charge >= 0.3 is 0 Å². The second-order valence-electron chi connectivity index (χ2n) is 3.52. The van der Waals surface area contributed by atoms with E-state index in [1.165, 1.54) is 0 Å². The van der Waals surface area contributed by atoms with Gasteiger partial charge in [-0.15, -0.1) is 0 Å². The molecular weight excluding hydrogens is 244 g/mol. The van der Waals surface area contributed by atoms with Crippen LogP contribution in [0.3, 0.4) is 0 Å². The maximum Gasteiger partial charge on any atom is 0.0540 e. The largest absolute Gasteiger partial charge is 0.393 e. The molecule has 0 saturated carbocycles. The summed E-state index contributed by atoms with van der Waals surface area (Å²) in [5.41, 5.74) is 0.965. The summed E-state index contributed by atoms with van der Waals surface area (Å²) < 4.78 is 0.951. The van der Waals surface area contributed by atoms with E-state index in [-0.39, 0.29) is 12.1 Å². The number of aliphatic hydroxyl groups excluding tert-OH is 1. The molecule has 2 unspecified atom stereocenters. The number of nitrogens with one attached hydrogen (secondary N) is 1. The minimum Gasteiger partial charge on any atom is -0.393 e. The summed E-state index contributed by atoms with van der Waals surface area (Å²) in [5, 5.41) is 12.5. The van der Waals surface area contributed by atoms with Gasteiger partial charge in [-0.3, -0.25) is 4.98 Å². The van der Waals surface area contributed by atoms with Gasteiger partial charge in [-0.25, -0.2) is 0 Å². The van der Waals surface area contributed by atoms with E-state index in [4.69, 9.17) is 0 Å². The van der Waals surface area contributed by atoms with Crippen molar-refractivity contribution < 1.29 is 5.11 Å². The summed E-state index contributed by atoms with van der Waals surface area (Å²) in [4.78, 5) is 4.04. The van der Waals surface area contributed by atoms with Crippen LogP contribution in [0.5, 0.6) is 0 Å². The minimum absolute atomic E-state index is 0.242. The highest BCUT2D eigenvalue weighted by molar-refractivity contribution is 9.10. The molecule has 1 aromatic heterocycles. The number of aromatic nitrogens is 1. The Kier molecular flexibility index (Phi) is 4.35. The molecule has 0 aromatic carbocycles. The summed E-state index contributed by atoms with van der Waals surface area (Å²) in [6.07, 6.45) is 3.96. The number of pyridine rings is 1. The van der Waals surface area contributed by atoms with Crippen molar-refractivity contribution in [3.05, 3.63) is 22.9 Å². The van der Waals surface area contributed by atoms with Crippen LogP contribution < -0.4 is 5.32 Å². The Bertz CT molecular complexity index is 291. The van der Waals surface area contributed by atoms with Crippen LogP contribution in [-0.4, -0.2) is 22.2 Å². The topological polar surface area (TPSA) is 45.1 Å². The third-order valence-corrected chi connectivity index (χ3v) is 2.25. The first-order valence-corrected chi connectivity index (χ1v) is 5.42. The average Bonchev–Trinajstić information content (AvgIpc) is 2.01. The van der Waals surface area contributed by atoms with Crippen molar-refractivity contribution in [1.29, 1.82) is 0 Å². The van der Waals surface area contributed by atoms with Crippen LogP contribution in [0.2, 0.25) is 0 Å². The van der Waals surface area contributed by atoms with E-state index in [1.807, 2.05) is 13.0 Å². The lowest BCUT2D eigenvalue weighted by Gasteiger charge is -2.16. The molecule has 0 aliphatic carbocycles. The summed E-state index contributed by atoms with van der Waals surface area (Å²) in [7, 11) is 0. The van der Waals surface area contributed by atoms with Gasteiger partial charge in [0.15, 0.2) is 0 Å². The molecule has 2 atom stereocenters. The summed E-state index contributed by atoms with van der Waals surface area (Å²) in [6.45, 7) is 3.82. The van der Waals surface area contributed by atoms with Crippen molar-refractivity contribution in [2.24, 2.45) is 0 Å². The Hall–Kier alpha value is -0.610. The molecule has 0 radical (unpaired) electrons. The van der Waals surface area contributed by atoms with E-state index < -0.39 is 0 Å². The van der Waals surface area contributed by atoms with Crippen LogP contribution >= 0.6 is 15.9 Å². The molecule has 1 aromatic rings. The van der Waals surface area contributed by atoms with Gasteiger partial charge in [-0.05, 0) is 42.3 Å². The van der Waals surface area contributed by atoms with Gasteiger partial charge in [0.25, 0.3) is 0 Å². The van der Waals surface area contributed by atoms with E-state index in [0.717, 1.165) is 16.6 Å². The maximum absolute atomic E-state index is 9.19. The van der Waals surface area contributed by atoms with E-state index >= 15 is 0 Å². The van der Waals surface area contributed by atoms with Gasteiger partial charge in [-0.1, -0.05) is 0 Å². The van der Waals surface area contributed by atoms with Crippen molar-refractivity contribution in [1.82, 2.24) is 4.98 Å². The first kappa shape index (κ1) is 11.5. The lowest BCUT2D eigenvalue weighted by molar-refractivity contribution is 0.179. The number of hydrogen-bond donors (Lipinski definition) is 2. The lowest BCUT2D eigenvalue weighted by atomic mass is 10.1. The lowest BCUT2D eigenvalue weighted by Crippen LogP contribution is -2.20. The molecule has 1 rings (SSSR count). The Labute approximate surface area is 92.7 Å². The monoisotopic (exact) mass is 258 g/mol. The Morgan fingerprint density at radius 3 is 2.79 bits per heavy atom. The molecule has 0 aliphatic rings.